The molecule has 0 fully saturated rings. The Kier molecular flexibility index (Phi) is 3.47. The number of aryl methyl sites for hydroxylation is 1. The largest absolute Gasteiger partial charge is 0.324 e. The maximum absolute atomic E-state index is 5.93. The van der Waals surface area contributed by atoms with Gasteiger partial charge in [0.2, 0.25) is 0 Å². The molecule has 0 unspecified atom stereocenters. The van der Waals surface area contributed by atoms with Crippen molar-refractivity contribution in [2.75, 3.05) is 0 Å². The molecule has 0 atom stereocenters. The molecule has 0 aliphatic carbocycles. The van der Waals surface area contributed by atoms with E-state index in [0.717, 1.165) is 28.4 Å². The van der Waals surface area contributed by atoms with E-state index < -0.39 is 0 Å². The van der Waals surface area contributed by atoms with E-state index in [-0.39, 0.29) is 0 Å². The minimum atomic E-state index is 0.432. The molecular weight excluding hydrogens is 270 g/mol. The third kappa shape index (κ3) is 2.42. The lowest BCUT2D eigenvalue weighted by Gasteiger charge is -2.08. The molecule has 0 aliphatic rings. The average molecular weight is 286 g/mol. The predicted molar refractivity (Wildman–Crippen MR) is 82.9 cm³/mol. The van der Waals surface area contributed by atoms with Gasteiger partial charge in [-0.25, -0.2) is 4.98 Å². The predicted octanol–water partition coefficient (Wildman–Crippen LogP) is 3.51. The molecule has 0 saturated carbocycles. The van der Waals surface area contributed by atoms with E-state index in [4.69, 9.17) is 17.3 Å². The van der Waals surface area contributed by atoms with Crippen LogP contribution in [0.2, 0.25) is 5.02 Å². The highest BCUT2D eigenvalue weighted by Crippen LogP contribution is 2.20. The summed E-state index contributed by atoms with van der Waals surface area (Å²) in [6, 6.07) is 14.2. The first-order valence-corrected chi connectivity index (χ1v) is 6.95. The van der Waals surface area contributed by atoms with Crippen molar-refractivity contribution in [3.8, 4) is 0 Å². The van der Waals surface area contributed by atoms with Gasteiger partial charge in [0.05, 0.1) is 17.6 Å². The standard InChI is InChI=1S/C16H16ClN3/c1-11-2-7-15-14(8-11)19-16(9-18)20(15)10-12-3-5-13(17)6-4-12/h2-8H,9-10,18H2,1H3. The summed E-state index contributed by atoms with van der Waals surface area (Å²) >= 11 is 5.93. The monoisotopic (exact) mass is 285 g/mol. The Bertz CT molecular complexity index is 744. The topological polar surface area (TPSA) is 43.8 Å². The van der Waals surface area contributed by atoms with Gasteiger partial charge in [-0.2, -0.15) is 0 Å². The Hall–Kier alpha value is -1.84. The van der Waals surface area contributed by atoms with Gasteiger partial charge in [-0.3, -0.25) is 0 Å². The number of rotatable bonds is 3. The van der Waals surface area contributed by atoms with Crippen LogP contribution in [0.1, 0.15) is 17.0 Å². The second-order valence-corrected chi connectivity index (χ2v) is 5.37. The summed E-state index contributed by atoms with van der Waals surface area (Å²) in [6.45, 7) is 3.25. The van der Waals surface area contributed by atoms with Crippen molar-refractivity contribution < 1.29 is 0 Å². The summed E-state index contributed by atoms with van der Waals surface area (Å²) in [4.78, 5) is 4.62. The fourth-order valence-electron chi connectivity index (χ4n) is 2.39. The molecule has 0 aliphatic heterocycles. The van der Waals surface area contributed by atoms with Gasteiger partial charge in [0.25, 0.3) is 0 Å². The van der Waals surface area contributed by atoms with Crippen molar-refractivity contribution in [3.63, 3.8) is 0 Å². The van der Waals surface area contributed by atoms with Gasteiger partial charge >= 0.3 is 0 Å². The lowest BCUT2D eigenvalue weighted by Crippen LogP contribution is -2.09. The maximum Gasteiger partial charge on any atom is 0.123 e. The quantitative estimate of drug-likeness (QED) is 0.800. The lowest BCUT2D eigenvalue weighted by molar-refractivity contribution is 0.744. The molecule has 102 valence electrons. The van der Waals surface area contributed by atoms with Crippen molar-refractivity contribution in [1.29, 1.82) is 0 Å². The van der Waals surface area contributed by atoms with Gasteiger partial charge in [0.15, 0.2) is 0 Å². The zero-order valence-corrected chi connectivity index (χ0v) is 12.1. The van der Waals surface area contributed by atoms with Crippen LogP contribution in [0.25, 0.3) is 11.0 Å². The number of nitrogens with zero attached hydrogens (tertiary/aromatic N) is 2. The molecule has 1 heterocycles. The summed E-state index contributed by atoms with van der Waals surface area (Å²) in [5.74, 6) is 0.903. The van der Waals surface area contributed by atoms with Crippen molar-refractivity contribution in [2.45, 2.75) is 20.0 Å². The molecule has 0 spiro atoms. The number of benzene rings is 2. The Morgan fingerprint density at radius 1 is 1.15 bits per heavy atom. The summed E-state index contributed by atoms with van der Waals surface area (Å²) < 4.78 is 2.16. The number of imidazole rings is 1. The number of nitrogens with two attached hydrogens (primary N) is 1. The summed E-state index contributed by atoms with van der Waals surface area (Å²) in [5.41, 5.74) is 10.3. The fourth-order valence-corrected chi connectivity index (χ4v) is 2.52. The lowest BCUT2D eigenvalue weighted by atomic mass is 10.2. The first-order chi connectivity index (χ1) is 9.67. The van der Waals surface area contributed by atoms with Crippen LogP contribution in [-0.2, 0) is 13.1 Å². The highest BCUT2D eigenvalue weighted by atomic mass is 35.5. The zero-order chi connectivity index (χ0) is 14.1. The molecular formula is C16H16ClN3. The molecule has 1 aromatic heterocycles. The number of hydrogen-bond donors (Lipinski definition) is 1. The van der Waals surface area contributed by atoms with E-state index in [9.17, 15) is 0 Å². The van der Waals surface area contributed by atoms with E-state index in [0.29, 0.717) is 6.54 Å². The van der Waals surface area contributed by atoms with Crippen molar-refractivity contribution in [1.82, 2.24) is 9.55 Å². The van der Waals surface area contributed by atoms with Crippen LogP contribution in [-0.4, -0.2) is 9.55 Å². The SMILES string of the molecule is Cc1ccc2c(c1)nc(CN)n2Cc1ccc(Cl)cc1. The first-order valence-electron chi connectivity index (χ1n) is 6.57. The molecule has 0 bridgehead atoms. The Morgan fingerprint density at radius 2 is 1.90 bits per heavy atom. The molecule has 0 amide bonds. The smallest absolute Gasteiger partial charge is 0.123 e. The Balaban J connectivity index is 2.07. The molecule has 2 aromatic carbocycles. The molecule has 3 nitrogen and oxygen atoms in total. The first kappa shape index (κ1) is 13.2. The molecule has 20 heavy (non-hydrogen) atoms. The van der Waals surface area contributed by atoms with Crippen molar-refractivity contribution >= 4 is 22.6 Å². The van der Waals surface area contributed by atoms with Crippen LogP contribution in [0, 0.1) is 6.92 Å². The summed E-state index contributed by atoms with van der Waals surface area (Å²) in [5, 5.41) is 0.749. The van der Waals surface area contributed by atoms with Gasteiger partial charge in [0, 0.05) is 11.6 Å². The highest BCUT2D eigenvalue weighted by molar-refractivity contribution is 6.30. The third-order valence-electron chi connectivity index (χ3n) is 3.42. The molecule has 4 heteroatoms. The van der Waals surface area contributed by atoms with Gasteiger partial charge in [-0.15, -0.1) is 0 Å². The minimum Gasteiger partial charge on any atom is -0.324 e. The van der Waals surface area contributed by atoms with E-state index in [1.54, 1.807) is 0 Å². The van der Waals surface area contributed by atoms with Crippen molar-refractivity contribution in [2.24, 2.45) is 5.73 Å². The van der Waals surface area contributed by atoms with Crippen LogP contribution in [0.4, 0.5) is 0 Å². The van der Waals surface area contributed by atoms with Crippen LogP contribution < -0.4 is 5.73 Å². The number of hydrogen-bond acceptors (Lipinski definition) is 2. The summed E-state index contributed by atoms with van der Waals surface area (Å²) in [7, 11) is 0. The average Bonchev–Trinajstić information content (AvgIpc) is 2.78. The van der Waals surface area contributed by atoms with Gasteiger partial charge in [-0.1, -0.05) is 29.8 Å². The van der Waals surface area contributed by atoms with Gasteiger partial charge in [0.1, 0.15) is 5.82 Å². The highest BCUT2D eigenvalue weighted by Gasteiger charge is 2.10. The fraction of sp³-hybridized carbons (Fsp3) is 0.188. The van der Waals surface area contributed by atoms with Gasteiger partial charge in [-0.05, 0) is 42.3 Å². The van der Waals surface area contributed by atoms with Crippen LogP contribution in [0.15, 0.2) is 42.5 Å². The maximum atomic E-state index is 5.93. The van der Waals surface area contributed by atoms with E-state index in [1.807, 2.05) is 24.3 Å². The number of fused-ring (bicyclic) bond motifs is 1. The molecule has 0 saturated heterocycles. The van der Waals surface area contributed by atoms with E-state index in [1.165, 1.54) is 11.1 Å². The molecule has 3 aromatic rings. The second-order valence-electron chi connectivity index (χ2n) is 4.94. The van der Waals surface area contributed by atoms with Crippen LogP contribution in [0.3, 0.4) is 0 Å². The Morgan fingerprint density at radius 3 is 2.60 bits per heavy atom. The second kappa shape index (κ2) is 5.27. The molecule has 3 rings (SSSR count). The van der Waals surface area contributed by atoms with Crippen LogP contribution in [0.5, 0.6) is 0 Å². The normalized spacial score (nSPS) is 11.2. The molecule has 2 N–H and O–H groups in total. The third-order valence-corrected chi connectivity index (χ3v) is 3.67. The van der Waals surface area contributed by atoms with Gasteiger partial charge < -0.3 is 10.3 Å². The van der Waals surface area contributed by atoms with E-state index >= 15 is 0 Å². The minimum absolute atomic E-state index is 0.432. The van der Waals surface area contributed by atoms with Crippen molar-refractivity contribution in [3.05, 3.63) is 64.4 Å². The summed E-state index contributed by atoms with van der Waals surface area (Å²) in [6.07, 6.45) is 0. The zero-order valence-electron chi connectivity index (χ0n) is 11.3. The number of halogens is 1. The number of aromatic nitrogens is 2. The van der Waals surface area contributed by atoms with E-state index in [2.05, 4.69) is 34.7 Å². The Labute approximate surface area is 123 Å². The van der Waals surface area contributed by atoms with Crippen LogP contribution >= 0.6 is 11.6 Å². The molecule has 0 radical (unpaired) electrons.